The van der Waals surface area contributed by atoms with Crippen molar-refractivity contribution in [3.8, 4) is 0 Å². The van der Waals surface area contributed by atoms with Crippen LogP contribution in [0.3, 0.4) is 0 Å². The van der Waals surface area contributed by atoms with E-state index in [2.05, 4.69) is 0 Å². The second-order valence-electron chi connectivity index (χ2n) is 1.92. The van der Waals surface area contributed by atoms with E-state index in [-0.39, 0.29) is 22.5 Å². The van der Waals surface area contributed by atoms with Crippen LogP contribution in [0, 0.1) is 0 Å². The van der Waals surface area contributed by atoms with Gasteiger partial charge < -0.3 is 5.48 Å². The van der Waals surface area contributed by atoms with Gasteiger partial charge in [0.1, 0.15) is 0 Å². The molecule has 111 valence electrons. The molecule has 0 saturated carbocycles. The van der Waals surface area contributed by atoms with Gasteiger partial charge in [-0.25, -0.2) is 0 Å². The quantitative estimate of drug-likeness (QED) is 0.290. The van der Waals surface area contributed by atoms with Gasteiger partial charge in [-0.2, -0.15) is 0 Å². The number of hydrogen-bond donors (Lipinski definition) is 0. The van der Waals surface area contributed by atoms with E-state index in [0.717, 1.165) is 0 Å². The molecule has 0 spiro atoms. The first kappa shape index (κ1) is 25.4. The summed E-state index contributed by atoms with van der Waals surface area (Å²) in [6.45, 7) is 0. The zero-order valence-electron chi connectivity index (χ0n) is 6.31. The normalized spacial score (nSPS) is 20.2. The standard InChI is InChI=1S/2F6P.Mn.H2O/c2*1-7(2,3,4,5)6;;/h;;;1H2/q2*-1;;. The molecule has 1 radical (unpaired) electrons. The van der Waals surface area contributed by atoms with E-state index in [1.807, 2.05) is 0 Å². The molecule has 0 heterocycles. The Labute approximate surface area is 89.4 Å². The van der Waals surface area contributed by atoms with E-state index >= 15 is 0 Å². The van der Waals surface area contributed by atoms with Gasteiger partial charge in [-0.15, -0.1) is 0 Å². The van der Waals surface area contributed by atoms with Crippen molar-refractivity contribution in [3.63, 3.8) is 0 Å². The van der Waals surface area contributed by atoms with Crippen molar-refractivity contribution in [2.75, 3.05) is 0 Å². The molecule has 0 aromatic heterocycles. The Morgan fingerprint density at radius 3 is 0.375 bits per heavy atom. The van der Waals surface area contributed by atoms with Gasteiger partial charge in [0.25, 0.3) is 0 Å². The predicted octanol–water partition coefficient (Wildman–Crippen LogP) is 5.94. The number of hydrogen-bond acceptors (Lipinski definition) is 0. The molecule has 0 atom stereocenters. The van der Waals surface area contributed by atoms with Gasteiger partial charge >= 0.3 is 66.0 Å². The minimum Gasteiger partial charge on any atom is -0.412 e. The van der Waals surface area contributed by atoms with Gasteiger partial charge in [-0.1, -0.05) is 0 Å². The van der Waals surface area contributed by atoms with Gasteiger partial charge in [-0.3, -0.25) is 0 Å². The van der Waals surface area contributed by atoms with Crippen LogP contribution in [-0.4, -0.2) is 5.48 Å². The van der Waals surface area contributed by atoms with Crippen LogP contribution in [0.5, 0.6) is 0 Å². The number of halogens is 12. The average molecular weight is 363 g/mol. The zero-order valence-corrected chi connectivity index (χ0v) is 9.28. The summed E-state index contributed by atoms with van der Waals surface area (Å²) in [5.41, 5.74) is 0. The Hall–Kier alpha value is 0.499. The first-order chi connectivity index (χ1) is 4.90. The molecule has 0 rings (SSSR count). The Bertz CT molecular complexity index is 166. The smallest absolute Gasteiger partial charge is 0 e. The second-order valence-corrected chi connectivity index (χ2v) is 5.75. The molecule has 0 saturated heterocycles. The molecule has 0 aliphatic heterocycles. The summed E-state index contributed by atoms with van der Waals surface area (Å²) >= 11 is 0. The maximum Gasteiger partial charge on any atom is 0 e. The van der Waals surface area contributed by atoms with Crippen molar-refractivity contribution in [2.45, 2.75) is 0 Å². The molecule has 0 aromatic rings. The summed E-state index contributed by atoms with van der Waals surface area (Å²) in [5, 5.41) is 0. The molecule has 0 aliphatic carbocycles. The zero-order chi connectivity index (χ0) is 12.8. The first-order valence-electron chi connectivity index (χ1n) is 2.03. The van der Waals surface area contributed by atoms with Gasteiger partial charge in [-0.05, 0) is 0 Å². The Morgan fingerprint density at radius 2 is 0.375 bits per heavy atom. The minimum absolute atomic E-state index is 0. The van der Waals surface area contributed by atoms with Crippen molar-refractivity contribution in [1.29, 1.82) is 0 Å². The summed E-state index contributed by atoms with van der Waals surface area (Å²) in [5.74, 6) is 0. The van der Waals surface area contributed by atoms with Crippen LogP contribution in [0.4, 0.5) is 50.4 Å². The predicted molar refractivity (Wildman–Crippen MR) is 30.7 cm³/mol. The molecule has 0 bridgehead atoms. The largest absolute Gasteiger partial charge is 0.412 e. The van der Waals surface area contributed by atoms with Crippen LogP contribution < -0.4 is 0 Å². The Balaban J connectivity index is -0.0000000800. The molecule has 16 heavy (non-hydrogen) atoms. The van der Waals surface area contributed by atoms with Crippen LogP contribution in [-0.2, 0) is 17.1 Å². The van der Waals surface area contributed by atoms with E-state index < -0.39 is 15.6 Å². The minimum atomic E-state index is -10.7. The summed E-state index contributed by atoms with van der Waals surface area (Å²) in [6, 6.07) is 0. The maximum atomic E-state index is 9.87. The SMILES string of the molecule is F[P-](F)(F)(F)(F)F.F[P-](F)(F)(F)(F)F.O.[Mn]. The third kappa shape index (κ3) is 10600. The van der Waals surface area contributed by atoms with Gasteiger partial charge in [0.15, 0.2) is 0 Å². The Kier molecular flexibility index (Phi) is 5.55. The van der Waals surface area contributed by atoms with Gasteiger partial charge in [0, 0.05) is 17.1 Å². The molecule has 16 heteroatoms. The third-order valence-corrected chi connectivity index (χ3v) is 0. The van der Waals surface area contributed by atoms with Crippen LogP contribution in [0.1, 0.15) is 0 Å². The van der Waals surface area contributed by atoms with Crippen molar-refractivity contribution in [2.24, 2.45) is 0 Å². The van der Waals surface area contributed by atoms with Gasteiger partial charge in [0.2, 0.25) is 0 Å². The van der Waals surface area contributed by atoms with Crippen LogP contribution in [0.25, 0.3) is 0 Å². The maximum absolute atomic E-state index is 10.7. The van der Waals surface area contributed by atoms with E-state index in [1.165, 1.54) is 0 Å². The molecular formula is H2F12MnOP2-2. The fourth-order valence-electron chi connectivity index (χ4n) is 0. The van der Waals surface area contributed by atoms with Gasteiger partial charge in [0.05, 0.1) is 0 Å². The molecular weight excluding hydrogens is 361 g/mol. The summed E-state index contributed by atoms with van der Waals surface area (Å²) in [7, 11) is -21.3. The molecule has 0 unspecified atom stereocenters. The second kappa shape index (κ2) is 3.50. The molecule has 2 N–H and O–H groups in total. The van der Waals surface area contributed by atoms with Crippen LogP contribution >= 0.6 is 15.6 Å². The van der Waals surface area contributed by atoms with Crippen LogP contribution in [0.15, 0.2) is 0 Å². The fourth-order valence-corrected chi connectivity index (χ4v) is 0. The summed E-state index contributed by atoms with van der Waals surface area (Å²) in [4.78, 5) is 0. The van der Waals surface area contributed by atoms with E-state index in [4.69, 9.17) is 0 Å². The number of rotatable bonds is 0. The topological polar surface area (TPSA) is 31.5 Å². The van der Waals surface area contributed by atoms with Crippen molar-refractivity contribution < 1.29 is 72.9 Å². The average Bonchev–Trinajstić information content (AvgIpc) is 0.938. The fraction of sp³-hybridized carbons (Fsp3) is 0. The van der Waals surface area contributed by atoms with E-state index in [0.29, 0.717) is 0 Å². The first-order valence-corrected chi connectivity index (χ1v) is 6.09. The van der Waals surface area contributed by atoms with E-state index in [1.54, 1.807) is 0 Å². The Morgan fingerprint density at radius 1 is 0.375 bits per heavy atom. The molecule has 1 nitrogen and oxygen atoms in total. The summed E-state index contributed by atoms with van der Waals surface area (Å²) in [6.07, 6.45) is 0. The van der Waals surface area contributed by atoms with Crippen LogP contribution in [0.2, 0.25) is 0 Å². The monoisotopic (exact) mass is 363 g/mol. The van der Waals surface area contributed by atoms with Crippen molar-refractivity contribution in [1.82, 2.24) is 0 Å². The molecule has 0 aromatic carbocycles. The van der Waals surface area contributed by atoms with Crippen molar-refractivity contribution >= 4 is 15.6 Å². The third-order valence-electron chi connectivity index (χ3n) is 0. The summed E-state index contributed by atoms with van der Waals surface area (Å²) < 4.78 is 118. The van der Waals surface area contributed by atoms with E-state index in [9.17, 15) is 50.4 Å². The van der Waals surface area contributed by atoms with Crippen molar-refractivity contribution in [3.05, 3.63) is 0 Å². The molecule has 0 aliphatic rings. The molecule has 0 amide bonds. The molecule has 0 fully saturated rings.